The van der Waals surface area contributed by atoms with Crippen LogP contribution in [0.25, 0.3) is 0 Å². The Hall–Kier alpha value is -2.07. The van der Waals surface area contributed by atoms with Crippen molar-refractivity contribution in [1.82, 2.24) is 9.88 Å². The van der Waals surface area contributed by atoms with Crippen LogP contribution in [-0.4, -0.2) is 43.2 Å². The summed E-state index contributed by atoms with van der Waals surface area (Å²) in [5, 5.41) is 10.2. The van der Waals surface area contributed by atoms with Crippen LogP contribution in [0.1, 0.15) is 45.4 Å². The molecule has 158 valence electrons. The number of hydrogen-bond acceptors (Lipinski definition) is 4. The van der Waals surface area contributed by atoms with Crippen molar-refractivity contribution in [3.8, 4) is 6.07 Å². The Morgan fingerprint density at radius 3 is 1.97 bits per heavy atom. The Labute approximate surface area is 172 Å². The minimum absolute atomic E-state index is 0.445. The van der Waals surface area contributed by atoms with Crippen LogP contribution in [0.15, 0.2) is 54.7 Å². The lowest BCUT2D eigenvalue weighted by Crippen LogP contribution is -2.41. The van der Waals surface area contributed by atoms with E-state index < -0.39 is 13.2 Å². The molecule has 0 aliphatic rings. The molecule has 1 aromatic carbocycles. The minimum atomic E-state index is -4.64. The van der Waals surface area contributed by atoms with Gasteiger partial charge >= 0.3 is 7.82 Å². The summed E-state index contributed by atoms with van der Waals surface area (Å²) < 4.78 is 8.88. The second-order valence-corrected chi connectivity index (χ2v) is 8.31. The molecule has 29 heavy (non-hydrogen) atoms. The van der Waals surface area contributed by atoms with Gasteiger partial charge < -0.3 is 14.7 Å². The Bertz CT molecular complexity index is 761. The molecule has 2 rings (SSSR count). The number of aromatic nitrogens is 1. The molecule has 0 aliphatic carbocycles. The standard InChI is InChI=1S/C21H27N3.H3O4P/c1-17(2)24(18(3)4)15-13-21(16-22,19-10-6-5-7-11-19)20-12-8-9-14-23-20;1-5(2,3)4/h5-12,14,17-18H,13,15H2,1-4H3;(H3,1,2,3,4). The molecular weight excluding hydrogens is 389 g/mol. The van der Waals surface area contributed by atoms with Crippen LogP contribution < -0.4 is 0 Å². The van der Waals surface area contributed by atoms with E-state index in [0.717, 1.165) is 24.2 Å². The number of rotatable bonds is 7. The van der Waals surface area contributed by atoms with E-state index in [1.54, 1.807) is 6.20 Å². The van der Waals surface area contributed by atoms with Gasteiger partial charge in [-0.05, 0) is 51.8 Å². The Morgan fingerprint density at radius 1 is 1.03 bits per heavy atom. The molecule has 0 saturated heterocycles. The first kappa shape index (κ1) is 25.0. The third-order valence-electron chi connectivity index (χ3n) is 4.63. The Kier molecular flexibility index (Phi) is 9.64. The number of phosphoric acid groups is 1. The SMILES string of the molecule is CC(C)N(CCC(C#N)(c1ccccc1)c1ccccn1)C(C)C.O=P(O)(O)O. The van der Waals surface area contributed by atoms with Gasteiger partial charge in [0, 0.05) is 24.8 Å². The van der Waals surface area contributed by atoms with E-state index in [0.29, 0.717) is 12.1 Å². The molecule has 0 saturated carbocycles. The zero-order valence-electron chi connectivity index (χ0n) is 17.3. The molecule has 1 heterocycles. The fraction of sp³-hybridized carbons (Fsp3) is 0.429. The summed E-state index contributed by atoms with van der Waals surface area (Å²) in [5.41, 5.74) is 1.12. The number of nitrogens with zero attached hydrogens (tertiary/aromatic N) is 3. The highest BCUT2D eigenvalue weighted by Gasteiger charge is 2.36. The zero-order chi connectivity index (χ0) is 22.1. The van der Waals surface area contributed by atoms with Crippen molar-refractivity contribution in [1.29, 1.82) is 5.26 Å². The first-order valence-corrected chi connectivity index (χ1v) is 11.0. The van der Waals surface area contributed by atoms with Gasteiger partial charge in [-0.25, -0.2) is 4.57 Å². The normalized spacial score (nSPS) is 13.6. The molecule has 7 nitrogen and oxygen atoms in total. The third kappa shape index (κ3) is 8.06. The van der Waals surface area contributed by atoms with Crippen LogP contribution in [0.4, 0.5) is 0 Å². The zero-order valence-corrected chi connectivity index (χ0v) is 18.2. The first-order chi connectivity index (χ1) is 13.5. The van der Waals surface area contributed by atoms with Crippen molar-refractivity contribution in [2.45, 2.75) is 51.6 Å². The van der Waals surface area contributed by atoms with Gasteiger partial charge in [0.05, 0.1) is 11.8 Å². The molecule has 0 radical (unpaired) electrons. The van der Waals surface area contributed by atoms with Crippen molar-refractivity contribution < 1.29 is 19.2 Å². The highest BCUT2D eigenvalue weighted by molar-refractivity contribution is 7.45. The maximum absolute atomic E-state index is 10.2. The lowest BCUT2D eigenvalue weighted by molar-refractivity contribution is 0.166. The predicted octanol–water partition coefficient (Wildman–Crippen LogP) is 3.47. The van der Waals surface area contributed by atoms with E-state index in [4.69, 9.17) is 19.2 Å². The average Bonchev–Trinajstić information content (AvgIpc) is 2.65. The molecule has 1 atom stereocenters. The van der Waals surface area contributed by atoms with E-state index in [2.05, 4.69) is 43.6 Å². The molecule has 0 fully saturated rings. The molecule has 0 spiro atoms. The van der Waals surface area contributed by atoms with Gasteiger partial charge in [0.2, 0.25) is 0 Å². The summed E-state index contributed by atoms with van der Waals surface area (Å²) in [6.45, 7) is 9.68. The van der Waals surface area contributed by atoms with Crippen LogP contribution in [0.2, 0.25) is 0 Å². The highest BCUT2D eigenvalue weighted by Crippen LogP contribution is 2.34. The van der Waals surface area contributed by atoms with Crippen molar-refractivity contribution in [3.05, 3.63) is 66.0 Å². The second-order valence-electron chi connectivity index (χ2n) is 7.29. The summed E-state index contributed by atoms with van der Waals surface area (Å²) >= 11 is 0. The molecule has 0 amide bonds. The Morgan fingerprint density at radius 2 is 1.55 bits per heavy atom. The Balaban J connectivity index is 0.000000749. The second kappa shape index (κ2) is 11.2. The summed E-state index contributed by atoms with van der Waals surface area (Å²) in [5.74, 6) is 0. The highest BCUT2D eigenvalue weighted by atomic mass is 31.2. The predicted molar refractivity (Wildman–Crippen MR) is 113 cm³/mol. The molecule has 0 aliphatic heterocycles. The van der Waals surface area contributed by atoms with E-state index in [9.17, 15) is 5.26 Å². The molecular formula is C21H30N3O4P. The molecule has 1 unspecified atom stereocenters. The number of nitriles is 1. The summed E-state index contributed by atoms with van der Waals surface area (Å²) in [6, 6.07) is 19.3. The monoisotopic (exact) mass is 419 g/mol. The van der Waals surface area contributed by atoms with Gasteiger partial charge in [0.1, 0.15) is 5.41 Å². The van der Waals surface area contributed by atoms with Crippen molar-refractivity contribution >= 4 is 7.82 Å². The van der Waals surface area contributed by atoms with Crippen LogP contribution in [-0.2, 0) is 9.98 Å². The first-order valence-electron chi connectivity index (χ1n) is 9.43. The fourth-order valence-electron chi connectivity index (χ4n) is 3.35. The maximum atomic E-state index is 10.2. The number of hydrogen-bond donors (Lipinski definition) is 3. The molecule has 2 aromatic rings. The number of pyridine rings is 1. The van der Waals surface area contributed by atoms with Gasteiger partial charge in [0.15, 0.2) is 0 Å². The van der Waals surface area contributed by atoms with Crippen molar-refractivity contribution in [2.75, 3.05) is 6.54 Å². The van der Waals surface area contributed by atoms with Crippen molar-refractivity contribution in [2.24, 2.45) is 0 Å². The minimum Gasteiger partial charge on any atom is -0.303 e. The van der Waals surface area contributed by atoms with Crippen LogP contribution in [0.3, 0.4) is 0 Å². The van der Waals surface area contributed by atoms with Gasteiger partial charge in [0.25, 0.3) is 0 Å². The average molecular weight is 419 g/mol. The van der Waals surface area contributed by atoms with Gasteiger partial charge in [-0.3, -0.25) is 9.88 Å². The molecule has 0 bridgehead atoms. The van der Waals surface area contributed by atoms with E-state index in [-0.39, 0.29) is 0 Å². The topological polar surface area (TPSA) is 118 Å². The lowest BCUT2D eigenvalue weighted by Gasteiger charge is -2.34. The molecule has 8 heteroatoms. The summed E-state index contributed by atoms with van der Waals surface area (Å²) in [7, 11) is -4.64. The molecule has 3 N–H and O–H groups in total. The summed E-state index contributed by atoms with van der Waals surface area (Å²) in [6.07, 6.45) is 2.49. The smallest absolute Gasteiger partial charge is 0.303 e. The van der Waals surface area contributed by atoms with E-state index in [1.807, 2.05) is 48.5 Å². The third-order valence-corrected chi connectivity index (χ3v) is 4.63. The fourth-order valence-corrected chi connectivity index (χ4v) is 3.35. The van der Waals surface area contributed by atoms with E-state index in [1.165, 1.54) is 0 Å². The van der Waals surface area contributed by atoms with Crippen LogP contribution in [0.5, 0.6) is 0 Å². The van der Waals surface area contributed by atoms with Gasteiger partial charge in [-0.2, -0.15) is 5.26 Å². The maximum Gasteiger partial charge on any atom is 0.466 e. The quantitative estimate of drug-likeness (QED) is 0.588. The van der Waals surface area contributed by atoms with Gasteiger partial charge in [-0.15, -0.1) is 0 Å². The number of benzene rings is 1. The lowest BCUT2D eigenvalue weighted by atomic mass is 9.75. The largest absolute Gasteiger partial charge is 0.466 e. The van der Waals surface area contributed by atoms with Gasteiger partial charge in [-0.1, -0.05) is 36.4 Å². The van der Waals surface area contributed by atoms with Crippen LogP contribution >= 0.6 is 7.82 Å². The summed E-state index contributed by atoms with van der Waals surface area (Å²) in [4.78, 5) is 28.5. The van der Waals surface area contributed by atoms with Crippen LogP contribution in [0, 0.1) is 11.3 Å². The molecule has 1 aromatic heterocycles. The van der Waals surface area contributed by atoms with E-state index >= 15 is 0 Å². The van der Waals surface area contributed by atoms with Crippen molar-refractivity contribution in [3.63, 3.8) is 0 Å².